The van der Waals surface area contributed by atoms with E-state index in [-0.39, 0.29) is 0 Å². The number of nitrogens with zero attached hydrogens (tertiary/aromatic N) is 2. The van der Waals surface area contributed by atoms with Crippen molar-refractivity contribution in [3.8, 4) is 6.07 Å². The van der Waals surface area contributed by atoms with Crippen LogP contribution in [-0.2, 0) is 0 Å². The third-order valence-electron chi connectivity index (χ3n) is 3.07. The molecule has 2 rings (SSSR count). The molecular formula is C16H17N3. The molecule has 0 fully saturated rings. The van der Waals surface area contributed by atoms with Gasteiger partial charge in [0.25, 0.3) is 0 Å². The Labute approximate surface area is 113 Å². The summed E-state index contributed by atoms with van der Waals surface area (Å²) in [5.74, 6) is 0.621. The van der Waals surface area contributed by atoms with Gasteiger partial charge < -0.3 is 5.32 Å². The van der Waals surface area contributed by atoms with Crippen LogP contribution in [0.15, 0.2) is 24.3 Å². The van der Waals surface area contributed by atoms with E-state index in [9.17, 15) is 5.26 Å². The highest BCUT2D eigenvalue weighted by Gasteiger charge is 2.07. The van der Waals surface area contributed by atoms with Crippen LogP contribution in [0.4, 0.5) is 11.5 Å². The third kappa shape index (κ3) is 2.92. The second-order valence-electron chi connectivity index (χ2n) is 4.90. The van der Waals surface area contributed by atoms with E-state index in [4.69, 9.17) is 0 Å². The molecular weight excluding hydrogens is 234 g/mol. The van der Waals surface area contributed by atoms with Gasteiger partial charge in [0, 0.05) is 11.4 Å². The largest absolute Gasteiger partial charge is 0.339 e. The highest BCUT2D eigenvalue weighted by molar-refractivity contribution is 5.64. The normalized spacial score (nSPS) is 10.1. The van der Waals surface area contributed by atoms with E-state index in [0.717, 1.165) is 16.9 Å². The summed E-state index contributed by atoms with van der Waals surface area (Å²) in [6, 6.07) is 10.3. The first kappa shape index (κ1) is 13.1. The van der Waals surface area contributed by atoms with Gasteiger partial charge in [-0.25, -0.2) is 4.98 Å². The molecule has 96 valence electrons. The fourth-order valence-electron chi connectivity index (χ4n) is 2.07. The predicted octanol–water partition coefficient (Wildman–Crippen LogP) is 3.93. The van der Waals surface area contributed by atoms with Gasteiger partial charge in [-0.1, -0.05) is 6.07 Å². The van der Waals surface area contributed by atoms with Gasteiger partial charge in [0.05, 0.1) is 5.56 Å². The number of aromatic nitrogens is 1. The molecule has 0 atom stereocenters. The van der Waals surface area contributed by atoms with E-state index < -0.39 is 0 Å². The smallest absolute Gasteiger partial charge is 0.148 e. The zero-order chi connectivity index (χ0) is 14.0. The molecule has 1 N–H and O–H groups in total. The fourth-order valence-corrected chi connectivity index (χ4v) is 2.07. The molecule has 1 aromatic carbocycles. The van der Waals surface area contributed by atoms with Crippen LogP contribution in [0.5, 0.6) is 0 Å². The maximum atomic E-state index is 9.19. The van der Waals surface area contributed by atoms with E-state index in [2.05, 4.69) is 36.3 Å². The van der Waals surface area contributed by atoms with Gasteiger partial charge in [-0.05, 0) is 62.6 Å². The average molecular weight is 251 g/mol. The zero-order valence-electron chi connectivity index (χ0n) is 11.7. The monoisotopic (exact) mass is 251 g/mol. The van der Waals surface area contributed by atoms with Crippen LogP contribution in [-0.4, -0.2) is 4.98 Å². The summed E-state index contributed by atoms with van der Waals surface area (Å²) in [6.45, 7) is 8.02. The van der Waals surface area contributed by atoms with E-state index in [1.54, 1.807) is 0 Å². The van der Waals surface area contributed by atoms with Gasteiger partial charge in [-0.3, -0.25) is 0 Å². The SMILES string of the molecule is Cc1cc(C)cc(Nc2nc(C)c(C)cc2C#N)c1. The van der Waals surface area contributed by atoms with Crippen molar-refractivity contribution >= 4 is 11.5 Å². The molecule has 0 saturated carbocycles. The van der Waals surface area contributed by atoms with Gasteiger partial charge in [-0.15, -0.1) is 0 Å². The number of anilines is 2. The maximum absolute atomic E-state index is 9.19. The van der Waals surface area contributed by atoms with Gasteiger partial charge in [0.15, 0.2) is 0 Å². The minimum atomic E-state index is 0.572. The van der Waals surface area contributed by atoms with Crippen LogP contribution < -0.4 is 5.32 Å². The minimum Gasteiger partial charge on any atom is -0.339 e. The number of nitrogens with one attached hydrogen (secondary N) is 1. The minimum absolute atomic E-state index is 0.572. The van der Waals surface area contributed by atoms with Gasteiger partial charge >= 0.3 is 0 Å². The highest BCUT2D eigenvalue weighted by atomic mass is 15.0. The molecule has 0 bridgehead atoms. The predicted molar refractivity (Wildman–Crippen MR) is 77.6 cm³/mol. The summed E-state index contributed by atoms with van der Waals surface area (Å²) >= 11 is 0. The molecule has 0 aliphatic rings. The lowest BCUT2D eigenvalue weighted by atomic mass is 10.1. The fraction of sp³-hybridized carbons (Fsp3) is 0.250. The second kappa shape index (κ2) is 5.11. The van der Waals surface area contributed by atoms with E-state index >= 15 is 0 Å². The van der Waals surface area contributed by atoms with Crippen molar-refractivity contribution in [3.05, 3.63) is 52.2 Å². The number of nitriles is 1. The Balaban J connectivity index is 2.43. The summed E-state index contributed by atoms with van der Waals surface area (Å²) < 4.78 is 0. The number of hydrogen-bond donors (Lipinski definition) is 1. The molecule has 3 nitrogen and oxygen atoms in total. The van der Waals surface area contributed by atoms with Crippen LogP contribution in [0.1, 0.15) is 27.9 Å². The summed E-state index contributed by atoms with van der Waals surface area (Å²) in [4.78, 5) is 4.46. The first-order chi connectivity index (χ1) is 8.99. The van der Waals surface area contributed by atoms with Crippen molar-refractivity contribution in [1.29, 1.82) is 5.26 Å². The Bertz CT molecular complexity index is 646. The van der Waals surface area contributed by atoms with Crippen molar-refractivity contribution in [2.45, 2.75) is 27.7 Å². The summed E-state index contributed by atoms with van der Waals surface area (Å²) in [6.07, 6.45) is 0. The molecule has 0 radical (unpaired) electrons. The molecule has 3 heteroatoms. The van der Waals surface area contributed by atoms with Crippen LogP contribution in [0.3, 0.4) is 0 Å². The van der Waals surface area contributed by atoms with Crippen LogP contribution >= 0.6 is 0 Å². The van der Waals surface area contributed by atoms with E-state index in [1.807, 2.05) is 32.0 Å². The molecule has 0 saturated heterocycles. The van der Waals surface area contributed by atoms with Gasteiger partial charge in [-0.2, -0.15) is 5.26 Å². The molecule has 0 spiro atoms. The number of aryl methyl sites for hydroxylation is 4. The summed E-state index contributed by atoms with van der Waals surface area (Å²) in [5, 5.41) is 12.4. The lowest BCUT2D eigenvalue weighted by molar-refractivity contribution is 1.14. The van der Waals surface area contributed by atoms with Crippen molar-refractivity contribution in [1.82, 2.24) is 4.98 Å². The Morgan fingerprint density at radius 1 is 1.00 bits per heavy atom. The number of pyridine rings is 1. The van der Waals surface area contributed by atoms with Crippen LogP contribution in [0, 0.1) is 39.0 Å². The molecule has 1 aromatic heterocycles. The third-order valence-corrected chi connectivity index (χ3v) is 3.07. The quantitative estimate of drug-likeness (QED) is 0.879. The first-order valence-electron chi connectivity index (χ1n) is 6.23. The number of rotatable bonds is 2. The highest BCUT2D eigenvalue weighted by Crippen LogP contribution is 2.22. The Kier molecular flexibility index (Phi) is 3.52. The molecule has 0 aliphatic heterocycles. The van der Waals surface area contributed by atoms with Crippen molar-refractivity contribution in [2.24, 2.45) is 0 Å². The Morgan fingerprint density at radius 2 is 1.63 bits per heavy atom. The van der Waals surface area contributed by atoms with Gasteiger partial charge in [0.1, 0.15) is 11.9 Å². The molecule has 1 heterocycles. The summed E-state index contributed by atoms with van der Waals surface area (Å²) in [7, 11) is 0. The van der Waals surface area contributed by atoms with Crippen molar-refractivity contribution in [2.75, 3.05) is 5.32 Å². The molecule has 0 unspecified atom stereocenters. The average Bonchev–Trinajstić information content (AvgIpc) is 2.32. The summed E-state index contributed by atoms with van der Waals surface area (Å²) in [5.41, 5.74) is 5.87. The Morgan fingerprint density at radius 3 is 2.21 bits per heavy atom. The first-order valence-corrected chi connectivity index (χ1v) is 6.23. The molecule has 2 aromatic rings. The van der Waals surface area contributed by atoms with Crippen molar-refractivity contribution in [3.63, 3.8) is 0 Å². The lowest BCUT2D eigenvalue weighted by Crippen LogP contribution is -2.00. The van der Waals surface area contributed by atoms with E-state index in [0.29, 0.717) is 11.4 Å². The molecule has 19 heavy (non-hydrogen) atoms. The number of hydrogen-bond acceptors (Lipinski definition) is 3. The maximum Gasteiger partial charge on any atom is 0.148 e. The second-order valence-corrected chi connectivity index (χ2v) is 4.90. The topological polar surface area (TPSA) is 48.7 Å². The zero-order valence-corrected chi connectivity index (χ0v) is 11.7. The van der Waals surface area contributed by atoms with Gasteiger partial charge in [0.2, 0.25) is 0 Å². The lowest BCUT2D eigenvalue weighted by Gasteiger charge is -2.11. The van der Waals surface area contributed by atoms with Crippen LogP contribution in [0.25, 0.3) is 0 Å². The van der Waals surface area contributed by atoms with E-state index in [1.165, 1.54) is 11.1 Å². The molecule has 0 aliphatic carbocycles. The molecule has 0 amide bonds. The standard InChI is InChI=1S/C16H17N3/c1-10-5-11(2)7-15(6-10)19-16-14(9-17)8-12(3)13(4)18-16/h5-8H,1-4H3,(H,18,19). The Hall–Kier alpha value is -2.34. The number of benzene rings is 1. The van der Waals surface area contributed by atoms with Crippen molar-refractivity contribution < 1.29 is 0 Å². The van der Waals surface area contributed by atoms with Crippen LogP contribution in [0.2, 0.25) is 0 Å².